The molecule has 1 fully saturated rings. The number of methoxy groups -OCH3 is 1. The molecule has 1 aliphatic heterocycles. The van der Waals surface area contributed by atoms with Crippen molar-refractivity contribution in [2.75, 3.05) is 38.2 Å². The van der Waals surface area contributed by atoms with Crippen LogP contribution in [0.25, 0.3) is 10.2 Å². The smallest absolute Gasteiger partial charge is 0.282 e. The summed E-state index contributed by atoms with van der Waals surface area (Å²) in [7, 11) is 1.64. The first-order valence-corrected chi connectivity index (χ1v) is 9.60. The Hall–Kier alpha value is -3.20. The number of nitro groups is 1. The highest BCUT2D eigenvalue weighted by Crippen LogP contribution is 2.32. The summed E-state index contributed by atoms with van der Waals surface area (Å²) in [6, 6.07) is 11.9. The third kappa shape index (κ3) is 3.36. The van der Waals surface area contributed by atoms with E-state index in [4.69, 9.17) is 4.74 Å². The summed E-state index contributed by atoms with van der Waals surface area (Å²) in [6.45, 7) is 2.24. The van der Waals surface area contributed by atoms with Crippen LogP contribution < -0.4 is 9.64 Å². The van der Waals surface area contributed by atoms with Gasteiger partial charge in [-0.05, 0) is 24.3 Å². The number of ether oxygens (including phenoxy) is 1. The van der Waals surface area contributed by atoms with E-state index < -0.39 is 4.92 Å². The molecule has 1 aromatic heterocycles. The van der Waals surface area contributed by atoms with Gasteiger partial charge in [-0.25, -0.2) is 4.98 Å². The number of carbonyl (C=O) groups excluding carboxylic acids is 1. The van der Waals surface area contributed by atoms with E-state index in [-0.39, 0.29) is 17.2 Å². The van der Waals surface area contributed by atoms with Crippen LogP contribution in [0.15, 0.2) is 42.5 Å². The molecule has 0 bridgehead atoms. The summed E-state index contributed by atoms with van der Waals surface area (Å²) in [5.41, 5.74) is 0.891. The van der Waals surface area contributed by atoms with Gasteiger partial charge in [0.15, 0.2) is 5.13 Å². The minimum atomic E-state index is -0.515. The van der Waals surface area contributed by atoms with Crippen molar-refractivity contribution in [3.05, 3.63) is 58.1 Å². The maximum atomic E-state index is 12.8. The number of fused-ring (bicyclic) bond motifs is 1. The third-order valence-corrected chi connectivity index (χ3v) is 5.83. The van der Waals surface area contributed by atoms with E-state index in [1.165, 1.54) is 12.1 Å². The number of para-hydroxylation sites is 1. The Morgan fingerprint density at radius 3 is 2.64 bits per heavy atom. The highest BCUT2D eigenvalue weighted by Gasteiger charge is 2.28. The zero-order valence-corrected chi connectivity index (χ0v) is 16.0. The number of thiazole rings is 1. The Balaban J connectivity index is 1.48. The van der Waals surface area contributed by atoms with Gasteiger partial charge in [-0.1, -0.05) is 23.5 Å². The second kappa shape index (κ2) is 7.43. The van der Waals surface area contributed by atoms with Gasteiger partial charge in [0.25, 0.3) is 11.6 Å². The molecule has 144 valence electrons. The quantitative estimate of drug-likeness (QED) is 0.495. The SMILES string of the molecule is COc1ccc2nc(N3CCN(C(=O)c4ccccc4[N+](=O)[O-])CC3)sc2c1. The lowest BCUT2D eigenvalue weighted by Crippen LogP contribution is -2.48. The number of aromatic nitrogens is 1. The molecule has 0 saturated carbocycles. The number of benzene rings is 2. The Kier molecular flexibility index (Phi) is 4.82. The highest BCUT2D eigenvalue weighted by atomic mass is 32.1. The minimum absolute atomic E-state index is 0.132. The van der Waals surface area contributed by atoms with Crippen LogP contribution in [0.2, 0.25) is 0 Å². The van der Waals surface area contributed by atoms with E-state index in [0.717, 1.165) is 21.1 Å². The van der Waals surface area contributed by atoms with Crippen molar-refractivity contribution in [2.24, 2.45) is 0 Å². The molecular formula is C19H18N4O4S. The first-order valence-electron chi connectivity index (χ1n) is 8.79. The number of piperazine rings is 1. The molecule has 28 heavy (non-hydrogen) atoms. The Morgan fingerprint density at radius 1 is 1.18 bits per heavy atom. The van der Waals surface area contributed by atoms with Gasteiger partial charge in [0.1, 0.15) is 11.3 Å². The fourth-order valence-corrected chi connectivity index (χ4v) is 4.29. The van der Waals surface area contributed by atoms with Crippen LogP contribution in [-0.2, 0) is 0 Å². The Labute approximate surface area is 165 Å². The van der Waals surface area contributed by atoms with E-state index in [9.17, 15) is 14.9 Å². The molecule has 2 heterocycles. The maximum Gasteiger partial charge on any atom is 0.282 e. The van der Waals surface area contributed by atoms with Gasteiger partial charge in [-0.15, -0.1) is 0 Å². The van der Waals surface area contributed by atoms with Crippen molar-refractivity contribution in [3.8, 4) is 5.75 Å². The molecule has 1 aliphatic rings. The second-order valence-electron chi connectivity index (χ2n) is 6.38. The van der Waals surface area contributed by atoms with Gasteiger partial charge < -0.3 is 14.5 Å². The zero-order chi connectivity index (χ0) is 19.7. The van der Waals surface area contributed by atoms with Crippen LogP contribution >= 0.6 is 11.3 Å². The van der Waals surface area contributed by atoms with Gasteiger partial charge in [0.05, 0.1) is 22.2 Å². The summed E-state index contributed by atoms with van der Waals surface area (Å²) in [5.74, 6) is 0.489. The van der Waals surface area contributed by atoms with Gasteiger partial charge in [-0.3, -0.25) is 14.9 Å². The number of hydrogen-bond acceptors (Lipinski definition) is 7. The van der Waals surface area contributed by atoms with Crippen molar-refractivity contribution in [1.82, 2.24) is 9.88 Å². The molecule has 0 unspecified atom stereocenters. The van der Waals surface area contributed by atoms with Crippen molar-refractivity contribution in [2.45, 2.75) is 0 Å². The van der Waals surface area contributed by atoms with Crippen LogP contribution in [0, 0.1) is 10.1 Å². The predicted octanol–water partition coefficient (Wildman–Crippen LogP) is 3.18. The standard InChI is InChI=1S/C19H18N4O4S/c1-27-13-6-7-15-17(12-13)28-19(20-15)22-10-8-21(9-11-22)18(24)14-4-2-3-5-16(14)23(25)26/h2-7,12H,8-11H2,1H3. The fraction of sp³-hybridized carbons (Fsp3) is 0.263. The molecule has 0 atom stereocenters. The van der Waals surface area contributed by atoms with Crippen LogP contribution in [0.3, 0.4) is 0 Å². The fourth-order valence-electron chi connectivity index (χ4n) is 3.24. The molecule has 0 aliphatic carbocycles. The largest absolute Gasteiger partial charge is 0.497 e. The van der Waals surface area contributed by atoms with Crippen molar-refractivity contribution in [3.63, 3.8) is 0 Å². The molecule has 8 nitrogen and oxygen atoms in total. The topological polar surface area (TPSA) is 88.8 Å². The molecule has 1 saturated heterocycles. The van der Waals surface area contributed by atoms with Crippen LogP contribution in [0.1, 0.15) is 10.4 Å². The number of amides is 1. The van der Waals surface area contributed by atoms with E-state index >= 15 is 0 Å². The molecule has 1 amide bonds. The third-order valence-electron chi connectivity index (χ3n) is 4.75. The highest BCUT2D eigenvalue weighted by molar-refractivity contribution is 7.22. The summed E-state index contributed by atoms with van der Waals surface area (Å²) in [4.78, 5) is 31.9. The first kappa shape index (κ1) is 18.2. The molecule has 0 N–H and O–H groups in total. The lowest BCUT2D eigenvalue weighted by molar-refractivity contribution is -0.385. The van der Waals surface area contributed by atoms with Gasteiger partial charge in [-0.2, -0.15) is 0 Å². The molecule has 3 aromatic rings. The van der Waals surface area contributed by atoms with Crippen LogP contribution in [0.5, 0.6) is 5.75 Å². The maximum absolute atomic E-state index is 12.8. The molecule has 2 aromatic carbocycles. The molecule has 0 spiro atoms. The van der Waals surface area contributed by atoms with Gasteiger partial charge in [0, 0.05) is 32.2 Å². The lowest BCUT2D eigenvalue weighted by Gasteiger charge is -2.34. The molecule has 0 radical (unpaired) electrons. The normalized spacial score (nSPS) is 14.3. The lowest BCUT2D eigenvalue weighted by atomic mass is 10.1. The average molecular weight is 398 g/mol. The van der Waals surface area contributed by atoms with E-state index in [1.54, 1.807) is 35.5 Å². The molecule has 9 heteroatoms. The monoisotopic (exact) mass is 398 g/mol. The van der Waals surface area contributed by atoms with E-state index in [0.29, 0.717) is 26.2 Å². The Bertz CT molecular complexity index is 1040. The summed E-state index contributed by atoms with van der Waals surface area (Å²) >= 11 is 1.59. The number of hydrogen-bond donors (Lipinski definition) is 0. The molecule has 4 rings (SSSR count). The first-order chi connectivity index (χ1) is 13.6. The Morgan fingerprint density at radius 2 is 1.93 bits per heavy atom. The number of nitro benzene ring substituents is 1. The minimum Gasteiger partial charge on any atom is -0.497 e. The average Bonchev–Trinajstić information content (AvgIpc) is 3.16. The van der Waals surface area contributed by atoms with Crippen molar-refractivity contribution < 1.29 is 14.5 Å². The van der Waals surface area contributed by atoms with Gasteiger partial charge >= 0.3 is 0 Å². The summed E-state index contributed by atoms with van der Waals surface area (Å²) in [6.07, 6.45) is 0. The van der Waals surface area contributed by atoms with Gasteiger partial charge in [0.2, 0.25) is 0 Å². The zero-order valence-electron chi connectivity index (χ0n) is 15.2. The second-order valence-corrected chi connectivity index (χ2v) is 7.39. The van der Waals surface area contributed by atoms with E-state index in [1.807, 2.05) is 18.2 Å². The summed E-state index contributed by atoms with van der Waals surface area (Å²) < 4.78 is 6.31. The molecular weight excluding hydrogens is 380 g/mol. The number of anilines is 1. The van der Waals surface area contributed by atoms with Crippen molar-refractivity contribution >= 4 is 38.3 Å². The summed E-state index contributed by atoms with van der Waals surface area (Å²) in [5, 5.41) is 12.1. The number of rotatable bonds is 4. The van der Waals surface area contributed by atoms with Crippen LogP contribution in [0.4, 0.5) is 10.8 Å². The number of nitrogens with zero attached hydrogens (tertiary/aromatic N) is 4. The predicted molar refractivity (Wildman–Crippen MR) is 107 cm³/mol. The van der Waals surface area contributed by atoms with E-state index in [2.05, 4.69) is 9.88 Å². The van der Waals surface area contributed by atoms with Crippen molar-refractivity contribution in [1.29, 1.82) is 0 Å². The number of carbonyl (C=O) groups is 1. The van der Waals surface area contributed by atoms with Crippen LogP contribution in [-0.4, -0.2) is 54.0 Å².